The third-order valence-electron chi connectivity index (χ3n) is 3.79. The van der Waals surface area contributed by atoms with E-state index in [1.165, 1.54) is 19.0 Å². The predicted molar refractivity (Wildman–Crippen MR) is 120 cm³/mol. The summed E-state index contributed by atoms with van der Waals surface area (Å²) in [4.78, 5) is 23.8. The minimum absolute atomic E-state index is 0.00326. The van der Waals surface area contributed by atoms with Gasteiger partial charge in [0.1, 0.15) is 19.4 Å². The first-order chi connectivity index (χ1) is 20.0. The van der Waals surface area contributed by atoms with Gasteiger partial charge in [-0.15, -0.1) is 13.7 Å². The first-order valence-electron chi connectivity index (χ1n) is 11.5. The Kier molecular flexibility index (Phi) is 22.8. The smallest absolute Gasteiger partial charge is 0.460 e. The fraction of sp³-hybridized carbons (Fsp3) is 0.810. The number of hydrogen-bond acceptors (Lipinski definition) is 11. The number of halogens is 10. The van der Waals surface area contributed by atoms with Crippen molar-refractivity contribution in [3.8, 4) is 0 Å². The van der Waals surface area contributed by atoms with Crippen LogP contribution in [-0.2, 0) is 47.6 Å². The average molecular weight is 663 g/mol. The van der Waals surface area contributed by atoms with Crippen molar-refractivity contribution in [2.75, 3.05) is 73.7 Å². The van der Waals surface area contributed by atoms with E-state index in [9.17, 15) is 53.6 Å². The second-order valence-electron chi connectivity index (χ2n) is 7.45. The summed E-state index contributed by atoms with van der Waals surface area (Å²) >= 11 is 0. The molecule has 2 unspecified atom stereocenters. The number of rotatable bonds is 20. The molecule has 1 fully saturated rings. The number of esters is 1. The molecular weight excluding hydrogens is 632 g/mol. The van der Waals surface area contributed by atoms with E-state index in [1.54, 1.807) is 0 Å². The molecule has 0 spiro atoms. The standard InChI is InChI=1S/C12H20FNO6.C5H9FO2.C4H2F8O3/c1-9(2)11(15)19-5-4-14-12(16)20-10(6-17-3)7-18-8-13;6-1-2-7-3-5-4-8-5;5-1-13-4(10,11)14-2(6,7)3(8,9)15-12/h10H,1,4-8H2,2-3H3,(H,14,16);5H,1-4H2;1H2. The Hall–Kier alpha value is -2.50. The highest BCUT2D eigenvalue weighted by molar-refractivity contribution is 5.86. The number of ether oxygens (including phenoxy) is 8. The molecular formula is C21H31F10NO11. The van der Waals surface area contributed by atoms with E-state index in [0.29, 0.717) is 6.61 Å². The fourth-order valence-electron chi connectivity index (χ4n) is 1.87. The molecule has 0 saturated carbocycles. The molecule has 2 atom stereocenters. The van der Waals surface area contributed by atoms with Gasteiger partial charge in [0.25, 0.3) is 0 Å². The molecule has 0 aromatic rings. The predicted octanol–water partition coefficient (Wildman–Crippen LogP) is 3.75. The molecule has 0 aliphatic carbocycles. The van der Waals surface area contributed by atoms with Crippen molar-refractivity contribution in [3.63, 3.8) is 0 Å². The molecule has 22 heteroatoms. The van der Waals surface area contributed by atoms with E-state index in [0.717, 1.165) is 6.61 Å². The van der Waals surface area contributed by atoms with Gasteiger partial charge in [0, 0.05) is 12.7 Å². The molecule has 1 saturated heterocycles. The Morgan fingerprint density at radius 2 is 1.63 bits per heavy atom. The van der Waals surface area contributed by atoms with Gasteiger partial charge in [-0.25, -0.2) is 27.5 Å². The molecule has 1 N–H and O–H groups in total. The van der Waals surface area contributed by atoms with Crippen LogP contribution < -0.4 is 5.32 Å². The zero-order valence-electron chi connectivity index (χ0n) is 22.7. The normalized spacial score (nSPS) is 15.2. The number of carbonyl (C=O) groups excluding carboxylic acids is 2. The zero-order valence-corrected chi connectivity index (χ0v) is 22.7. The van der Waals surface area contributed by atoms with E-state index >= 15 is 0 Å². The molecule has 256 valence electrons. The van der Waals surface area contributed by atoms with Gasteiger partial charge in [-0.2, -0.15) is 17.6 Å². The van der Waals surface area contributed by atoms with Gasteiger partial charge >= 0.3 is 30.6 Å². The van der Waals surface area contributed by atoms with Crippen LogP contribution in [0.1, 0.15) is 6.92 Å². The summed E-state index contributed by atoms with van der Waals surface area (Å²) in [5.74, 6) is -0.534. The molecule has 0 aromatic heterocycles. The molecule has 0 aromatic carbocycles. The maximum Gasteiger partial charge on any atom is 0.492 e. The van der Waals surface area contributed by atoms with Crippen LogP contribution in [0.15, 0.2) is 12.2 Å². The summed E-state index contributed by atoms with van der Waals surface area (Å²) in [6, 6.07) is 0. The minimum atomic E-state index is -6.04. The van der Waals surface area contributed by atoms with Gasteiger partial charge in [-0.05, 0) is 11.4 Å². The van der Waals surface area contributed by atoms with Crippen molar-refractivity contribution in [1.82, 2.24) is 5.32 Å². The van der Waals surface area contributed by atoms with Crippen LogP contribution in [0.4, 0.5) is 48.8 Å². The van der Waals surface area contributed by atoms with Gasteiger partial charge in [0.2, 0.25) is 0 Å². The molecule has 1 aliphatic heterocycles. The first kappa shape index (κ1) is 42.6. The molecule has 43 heavy (non-hydrogen) atoms. The lowest BCUT2D eigenvalue weighted by molar-refractivity contribution is -0.548. The van der Waals surface area contributed by atoms with Gasteiger partial charge in [-0.3, -0.25) is 4.74 Å². The third-order valence-corrected chi connectivity index (χ3v) is 3.79. The third kappa shape index (κ3) is 22.7. The maximum atomic E-state index is 12.0. The van der Waals surface area contributed by atoms with E-state index in [1.807, 2.05) is 0 Å². The van der Waals surface area contributed by atoms with Gasteiger partial charge in [0.05, 0.1) is 39.6 Å². The van der Waals surface area contributed by atoms with Gasteiger partial charge in [0.15, 0.2) is 19.8 Å². The van der Waals surface area contributed by atoms with Crippen molar-refractivity contribution in [2.45, 2.75) is 37.6 Å². The van der Waals surface area contributed by atoms with E-state index in [-0.39, 0.29) is 44.6 Å². The highest BCUT2D eigenvalue weighted by Crippen LogP contribution is 2.40. The van der Waals surface area contributed by atoms with Crippen molar-refractivity contribution in [1.29, 1.82) is 0 Å². The highest BCUT2D eigenvalue weighted by Gasteiger charge is 2.66. The molecule has 12 nitrogen and oxygen atoms in total. The number of nitrogens with one attached hydrogen (secondary N) is 1. The second-order valence-corrected chi connectivity index (χ2v) is 7.45. The Labute approximate surface area is 238 Å². The molecule has 0 radical (unpaired) electrons. The van der Waals surface area contributed by atoms with Crippen molar-refractivity contribution < 1.29 is 96.5 Å². The Morgan fingerprint density at radius 3 is 2.09 bits per heavy atom. The summed E-state index contributed by atoms with van der Waals surface area (Å²) in [5.41, 5.74) is 0.274. The van der Waals surface area contributed by atoms with E-state index in [4.69, 9.17) is 23.7 Å². The average Bonchev–Trinajstić information content (AvgIpc) is 3.74. The van der Waals surface area contributed by atoms with Crippen molar-refractivity contribution in [3.05, 3.63) is 12.2 Å². The molecule has 1 heterocycles. The lowest BCUT2D eigenvalue weighted by Crippen LogP contribution is -2.48. The number of carbonyl (C=O) groups is 2. The molecule has 1 amide bonds. The second kappa shape index (κ2) is 23.0. The quantitative estimate of drug-likeness (QED) is 0.0510. The van der Waals surface area contributed by atoms with Crippen molar-refractivity contribution >= 4 is 12.1 Å². The SMILES string of the molecule is C=C(C)C(=O)OCCNC(=O)OC(COC)COCF.FCCOCC1CO1.FCOC(F)(F)OC(F)(F)C(F)(F)OF. The van der Waals surface area contributed by atoms with Gasteiger partial charge < -0.3 is 33.7 Å². The topological polar surface area (TPSA) is 133 Å². The summed E-state index contributed by atoms with van der Waals surface area (Å²) in [5, 5.41) is 2.37. The largest absolute Gasteiger partial charge is 0.492 e. The van der Waals surface area contributed by atoms with Crippen LogP contribution in [0.5, 0.6) is 0 Å². The Balaban J connectivity index is 0. The Bertz CT molecular complexity index is 780. The van der Waals surface area contributed by atoms with Crippen LogP contribution in [-0.4, -0.2) is 116 Å². The molecule has 0 bridgehead atoms. The van der Waals surface area contributed by atoms with Gasteiger partial charge in [-0.1, -0.05) is 6.58 Å². The van der Waals surface area contributed by atoms with Crippen LogP contribution in [0.2, 0.25) is 0 Å². The minimum Gasteiger partial charge on any atom is -0.460 e. The lowest BCUT2D eigenvalue weighted by Gasteiger charge is -2.25. The first-order valence-corrected chi connectivity index (χ1v) is 11.5. The van der Waals surface area contributed by atoms with Crippen LogP contribution in [0.25, 0.3) is 0 Å². The summed E-state index contributed by atoms with van der Waals surface area (Å²) in [7, 11) is 1.42. The van der Waals surface area contributed by atoms with Crippen LogP contribution >= 0.6 is 0 Å². The Morgan fingerprint density at radius 1 is 1.00 bits per heavy atom. The number of alkyl carbamates (subject to hydrolysis) is 1. The van der Waals surface area contributed by atoms with Crippen LogP contribution in [0.3, 0.4) is 0 Å². The zero-order chi connectivity index (χ0) is 33.5. The van der Waals surface area contributed by atoms with Crippen molar-refractivity contribution in [2.24, 2.45) is 0 Å². The highest BCUT2D eigenvalue weighted by atomic mass is 19.4. The summed E-state index contributed by atoms with van der Waals surface area (Å²) < 4.78 is 150. The number of alkyl halides is 9. The van der Waals surface area contributed by atoms with Crippen LogP contribution in [0, 0.1) is 0 Å². The number of hydrogen-bond donors (Lipinski definition) is 1. The van der Waals surface area contributed by atoms with E-state index in [2.05, 4.69) is 26.1 Å². The monoisotopic (exact) mass is 663 g/mol. The lowest BCUT2D eigenvalue weighted by atomic mass is 10.4. The number of epoxide rings is 1. The number of methoxy groups -OCH3 is 1. The maximum absolute atomic E-state index is 12.0. The van der Waals surface area contributed by atoms with E-state index < -0.39 is 57.1 Å². The summed E-state index contributed by atoms with van der Waals surface area (Å²) in [6.07, 6.45) is -18.5. The summed E-state index contributed by atoms with van der Waals surface area (Å²) in [6.45, 7) is 2.88. The fourth-order valence-corrected chi connectivity index (χ4v) is 1.87. The molecule has 1 aliphatic rings. The molecule has 1 rings (SSSR count). The number of amides is 1.